The minimum atomic E-state index is -0.296. The summed E-state index contributed by atoms with van der Waals surface area (Å²) in [7, 11) is 1.56. The smallest absolute Gasteiger partial charge is 0.311 e. The zero-order valence-electron chi connectivity index (χ0n) is 17.0. The van der Waals surface area contributed by atoms with Crippen LogP contribution in [-0.2, 0) is 9.53 Å². The molecule has 142 valence electrons. The van der Waals surface area contributed by atoms with Gasteiger partial charge in [-0.25, -0.2) is 0 Å². The van der Waals surface area contributed by atoms with E-state index >= 15 is 0 Å². The van der Waals surface area contributed by atoms with E-state index in [0.29, 0.717) is 23.2 Å². The van der Waals surface area contributed by atoms with Gasteiger partial charge < -0.3 is 4.74 Å². The molecule has 3 aliphatic carbocycles. The first-order valence-corrected chi connectivity index (χ1v) is 11.4. The number of thioether (sulfide) groups is 1. The molecule has 0 aromatic heterocycles. The molecule has 0 bridgehead atoms. The van der Waals surface area contributed by atoms with Gasteiger partial charge in [0, 0.05) is 5.75 Å². The highest BCUT2D eigenvalue weighted by Gasteiger charge is 2.62. The maximum Gasteiger partial charge on any atom is 0.311 e. The number of carbonyl (C=O) groups excluding carboxylic acids is 1. The summed E-state index contributed by atoms with van der Waals surface area (Å²) in [5, 5.41) is 0. The maximum absolute atomic E-state index is 12.7. The Balaban J connectivity index is 1.99. The lowest BCUT2D eigenvalue weighted by atomic mass is 9.41. The van der Waals surface area contributed by atoms with Crippen LogP contribution in [0.1, 0.15) is 66.2 Å². The first-order valence-electron chi connectivity index (χ1n) is 10.0. The van der Waals surface area contributed by atoms with E-state index in [1.165, 1.54) is 25.0 Å². The van der Waals surface area contributed by atoms with Crippen LogP contribution in [0.3, 0.4) is 0 Å². The van der Waals surface area contributed by atoms with Crippen molar-refractivity contribution in [2.24, 2.45) is 34.0 Å². The summed E-state index contributed by atoms with van der Waals surface area (Å²) < 4.78 is 5.26. The average molecular weight is 365 g/mol. The highest BCUT2D eigenvalue weighted by molar-refractivity contribution is 7.98. The van der Waals surface area contributed by atoms with Gasteiger partial charge >= 0.3 is 5.97 Å². The van der Waals surface area contributed by atoms with Gasteiger partial charge in [0.15, 0.2) is 0 Å². The lowest BCUT2D eigenvalue weighted by molar-refractivity contribution is -0.178. The number of rotatable bonds is 3. The quantitative estimate of drug-likeness (QED) is 0.473. The predicted octanol–water partition coefficient (Wildman–Crippen LogP) is 5.72. The van der Waals surface area contributed by atoms with Gasteiger partial charge in [0.1, 0.15) is 0 Å². The van der Waals surface area contributed by atoms with Crippen molar-refractivity contribution < 1.29 is 9.53 Å². The molecule has 0 radical (unpaired) electrons. The van der Waals surface area contributed by atoms with Crippen molar-refractivity contribution in [3.63, 3.8) is 0 Å². The Kier molecular flexibility index (Phi) is 5.12. The van der Waals surface area contributed by atoms with Crippen molar-refractivity contribution in [3.8, 4) is 0 Å². The molecular weight excluding hydrogens is 328 g/mol. The molecule has 0 unspecified atom stereocenters. The molecule has 25 heavy (non-hydrogen) atoms. The summed E-state index contributed by atoms with van der Waals surface area (Å²) >= 11 is 1.95. The summed E-state index contributed by atoms with van der Waals surface area (Å²) in [6, 6.07) is 0. The van der Waals surface area contributed by atoms with Crippen LogP contribution in [0.2, 0.25) is 0 Å². The number of fused-ring (bicyclic) bond motifs is 3. The number of ether oxygens (including phenoxy) is 1. The topological polar surface area (TPSA) is 26.3 Å². The fourth-order valence-corrected chi connectivity index (χ4v) is 7.67. The summed E-state index contributed by atoms with van der Waals surface area (Å²) in [5.74, 6) is 3.01. The minimum Gasteiger partial charge on any atom is -0.469 e. The van der Waals surface area contributed by atoms with Crippen LogP contribution >= 0.6 is 11.8 Å². The van der Waals surface area contributed by atoms with Crippen LogP contribution in [0, 0.1) is 34.0 Å². The second kappa shape index (κ2) is 6.62. The van der Waals surface area contributed by atoms with E-state index in [0.717, 1.165) is 19.3 Å². The molecule has 0 N–H and O–H groups in total. The Morgan fingerprint density at radius 3 is 2.60 bits per heavy atom. The van der Waals surface area contributed by atoms with Crippen molar-refractivity contribution in [3.05, 3.63) is 11.6 Å². The molecule has 3 rings (SSSR count). The lowest BCUT2D eigenvalue weighted by Crippen LogP contribution is -2.58. The molecule has 0 aliphatic heterocycles. The normalized spacial score (nSPS) is 46.6. The van der Waals surface area contributed by atoms with E-state index in [9.17, 15) is 4.79 Å². The first kappa shape index (κ1) is 19.3. The van der Waals surface area contributed by atoms with E-state index in [-0.39, 0.29) is 16.8 Å². The molecule has 6 atom stereocenters. The molecule has 2 fully saturated rings. The van der Waals surface area contributed by atoms with E-state index in [1.54, 1.807) is 12.7 Å². The van der Waals surface area contributed by atoms with Gasteiger partial charge in [0.2, 0.25) is 0 Å². The fourth-order valence-electron chi connectivity index (χ4n) is 6.97. The summed E-state index contributed by atoms with van der Waals surface area (Å²) in [5.41, 5.74) is 1.91. The molecule has 0 spiro atoms. The van der Waals surface area contributed by atoms with E-state index in [4.69, 9.17) is 4.74 Å². The number of methoxy groups -OCH3 is 1. The molecule has 0 amide bonds. The molecule has 0 heterocycles. The van der Waals surface area contributed by atoms with Crippen molar-refractivity contribution in [2.45, 2.75) is 66.2 Å². The second-order valence-corrected chi connectivity index (χ2v) is 10.6. The highest BCUT2D eigenvalue weighted by Crippen LogP contribution is 2.67. The monoisotopic (exact) mass is 364 g/mol. The number of hydrogen-bond donors (Lipinski definition) is 0. The maximum atomic E-state index is 12.7. The number of hydrogen-bond acceptors (Lipinski definition) is 3. The van der Waals surface area contributed by atoms with Crippen molar-refractivity contribution in [1.82, 2.24) is 0 Å². The minimum absolute atomic E-state index is 0.0227. The molecule has 3 aliphatic rings. The van der Waals surface area contributed by atoms with Crippen LogP contribution in [-0.4, -0.2) is 25.1 Å². The zero-order chi connectivity index (χ0) is 18.5. The van der Waals surface area contributed by atoms with Crippen LogP contribution < -0.4 is 0 Å². The SMILES string of the molecule is COC(=O)[C@]1(C)CCC[C@@]2(C)[C@@H]3C[C@H](C)C(CSC)=C[C@@]3(C)CC[C@@H]21. The Labute approximate surface area is 158 Å². The summed E-state index contributed by atoms with van der Waals surface area (Å²) in [4.78, 5) is 12.7. The third-order valence-electron chi connectivity index (χ3n) is 8.24. The van der Waals surface area contributed by atoms with Crippen molar-refractivity contribution in [1.29, 1.82) is 0 Å². The van der Waals surface area contributed by atoms with Gasteiger partial charge in [-0.05, 0) is 73.9 Å². The van der Waals surface area contributed by atoms with Gasteiger partial charge in [-0.3, -0.25) is 4.79 Å². The lowest BCUT2D eigenvalue weighted by Gasteiger charge is -2.63. The Morgan fingerprint density at radius 1 is 1.24 bits per heavy atom. The molecular formula is C22H36O2S. The van der Waals surface area contributed by atoms with Crippen LogP contribution in [0.25, 0.3) is 0 Å². The van der Waals surface area contributed by atoms with Gasteiger partial charge in [-0.1, -0.05) is 38.8 Å². The fraction of sp³-hybridized carbons (Fsp3) is 0.864. The van der Waals surface area contributed by atoms with Crippen LogP contribution in [0.4, 0.5) is 0 Å². The Bertz CT molecular complexity index is 570. The van der Waals surface area contributed by atoms with Gasteiger partial charge in [0.25, 0.3) is 0 Å². The van der Waals surface area contributed by atoms with E-state index < -0.39 is 0 Å². The number of allylic oxidation sites excluding steroid dienone is 1. The second-order valence-electron chi connectivity index (χ2n) is 9.71. The van der Waals surface area contributed by atoms with Crippen LogP contribution in [0.15, 0.2) is 11.6 Å². The van der Waals surface area contributed by atoms with Crippen LogP contribution in [0.5, 0.6) is 0 Å². The van der Waals surface area contributed by atoms with Gasteiger partial charge in [0.05, 0.1) is 12.5 Å². The zero-order valence-corrected chi connectivity index (χ0v) is 17.8. The first-order chi connectivity index (χ1) is 11.7. The van der Waals surface area contributed by atoms with Gasteiger partial charge in [-0.15, -0.1) is 0 Å². The number of carbonyl (C=O) groups is 1. The number of esters is 1. The van der Waals surface area contributed by atoms with E-state index in [2.05, 4.69) is 40.0 Å². The van der Waals surface area contributed by atoms with Crippen molar-refractivity contribution in [2.75, 3.05) is 19.1 Å². The Morgan fingerprint density at radius 2 is 1.96 bits per heavy atom. The predicted molar refractivity (Wildman–Crippen MR) is 107 cm³/mol. The molecule has 0 aromatic carbocycles. The molecule has 2 saturated carbocycles. The average Bonchev–Trinajstić information content (AvgIpc) is 2.56. The largest absolute Gasteiger partial charge is 0.469 e. The van der Waals surface area contributed by atoms with Crippen molar-refractivity contribution >= 4 is 17.7 Å². The third kappa shape index (κ3) is 2.89. The molecule has 0 aromatic rings. The third-order valence-corrected chi connectivity index (χ3v) is 8.86. The van der Waals surface area contributed by atoms with E-state index in [1.807, 2.05) is 11.8 Å². The summed E-state index contributed by atoms with van der Waals surface area (Å²) in [6.07, 6.45) is 11.9. The molecule has 2 nitrogen and oxygen atoms in total. The Hall–Kier alpha value is -0.440. The molecule has 3 heteroatoms. The molecule has 0 saturated heterocycles. The summed E-state index contributed by atoms with van der Waals surface area (Å²) in [6.45, 7) is 9.59. The standard InChI is InChI=1S/C22H36O2S/c1-15-12-18-20(2,13-16(15)14-25-6)11-8-17-21(18,3)9-7-10-22(17,4)19(23)24-5/h13,15,17-18H,7-12,14H2,1-6H3/t15-,17-,18+,20+,21+,22+/m0/s1. The van der Waals surface area contributed by atoms with Gasteiger partial charge in [-0.2, -0.15) is 11.8 Å². The highest BCUT2D eigenvalue weighted by atomic mass is 32.2.